The standard InChI is InChI=1S/C23H17N3O3/c27-21(26-23-24-18-8-4-5-9-19(18)25-23)15-10-11-17-16(12-15)13-20(29-22(17)28)14-6-2-1-3-7-14/h1-12,20H,13H2,(H2,24,25,26,27)/t20-/m1/s1. The van der Waals surface area contributed by atoms with Gasteiger partial charge in [0.05, 0.1) is 16.6 Å². The van der Waals surface area contributed by atoms with Gasteiger partial charge in [-0.1, -0.05) is 42.5 Å². The van der Waals surface area contributed by atoms with Crippen molar-refractivity contribution in [3.8, 4) is 0 Å². The van der Waals surface area contributed by atoms with Crippen molar-refractivity contribution < 1.29 is 14.3 Å². The number of amides is 1. The molecule has 6 heteroatoms. The molecule has 1 aromatic heterocycles. The number of nitrogens with zero attached hydrogens (tertiary/aromatic N) is 1. The lowest BCUT2D eigenvalue weighted by molar-refractivity contribution is 0.0252. The summed E-state index contributed by atoms with van der Waals surface area (Å²) in [5.74, 6) is -0.276. The van der Waals surface area contributed by atoms with Crippen LogP contribution in [0, 0.1) is 0 Å². The van der Waals surface area contributed by atoms with E-state index in [9.17, 15) is 9.59 Å². The number of para-hydroxylation sites is 2. The minimum absolute atomic E-state index is 0.290. The van der Waals surface area contributed by atoms with E-state index in [2.05, 4.69) is 15.3 Å². The molecule has 0 bridgehead atoms. The zero-order chi connectivity index (χ0) is 19.8. The zero-order valence-electron chi connectivity index (χ0n) is 15.4. The maximum Gasteiger partial charge on any atom is 0.339 e. The monoisotopic (exact) mass is 383 g/mol. The number of cyclic esters (lactones) is 1. The van der Waals surface area contributed by atoms with Crippen molar-refractivity contribution in [1.82, 2.24) is 9.97 Å². The van der Waals surface area contributed by atoms with Crippen LogP contribution >= 0.6 is 0 Å². The van der Waals surface area contributed by atoms with Crippen LogP contribution in [0.1, 0.15) is 37.9 Å². The molecule has 142 valence electrons. The Labute approximate surface area is 166 Å². The number of carbonyl (C=O) groups is 2. The third kappa shape index (κ3) is 3.25. The zero-order valence-corrected chi connectivity index (χ0v) is 15.4. The fourth-order valence-corrected chi connectivity index (χ4v) is 3.58. The highest BCUT2D eigenvalue weighted by Gasteiger charge is 2.28. The number of carbonyl (C=O) groups excluding carboxylic acids is 2. The highest BCUT2D eigenvalue weighted by atomic mass is 16.5. The molecule has 0 saturated heterocycles. The summed E-state index contributed by atoms with van der Waals surface area (Å²) in [5, 5.41) is 2.79. The van der Waals surface area contributed by atoms with Gasteiger partial charge in [-0.3, -0.25) is 10.1 Å². The number of hydrogen-bond acceptors (Lipinski definition) is 4. The molecule has 1 amide bonds. The van der Waals surface area contributed by atoms with Crippen LogP contribution in [0.3, 0.4) is 0 Å². The van der Waals surface area contributed by atoms with Gasteiger partial charge in [0.15, 0.2) is 0 Å². The second kappa shape index (κ2) is 6.91. The van der Waals surface area contributed by atoms with Crippen LogP contribution < -0.4 is 5.32 Å². The van der Waals surface area contributed by atoms with E-state index < -0.39 is 0 Å². The molecule has 0 radical (unpaired) electrons. The minimum atomic E-state index is -0.371. The maximum absolute atomic E-state index is 12.7. The number of esters is 1. The molecular formula is C23H17N3O3. The third-order valence-electron chi connectivity index (χ3n) is 5.03. The molecule has 3 aromatic carbocycles. The summed E-state index contributed by atoms with van der Waals surface area (Å²) in [4.78, 5) is 32.6. The first-order chi connectivity index (χ1) is 14.2. The Bertz CT molecular complexity index is 1200. The molecule has 4 aromatic rings. The van der Waals surface area contributed by atoms with Gasteiger partial charge in [-0.15, -0.1) is 0 Å². The van der Waals surface area contributed by atoms with E-state index in [0.29, 0.717) is 23.5 Å². The van der Waals surface area contributed by atoms with E-state index in [4.69, 9.17) is 4.74 Å². The van der Waals surface area contributed by atoms with Gasteiger partial charge >= 0.3 is 5.97 Å². The molecule has 1 atom stereocenters. The fraction of sp³-hybridized carbons (Fsp3) is 0.0870. The first-order valence-corrected chi connectivity index (χ1v) is 9.32. The number of rotatable bonds is 3. The fourth-order valence-electron chi connectivity index (χ4n) is 3.58. The predicted octanol–water partition coefficient (Wildman–Crippen LogP) is 4.27. The lowest BCUT2D eigenvalue weighted by atomic mass is 9.93. The topological polar surface area (TPSA) is 84.1 Å². The number of hydrogen-bond donors (Lipinski definition) is 2. The van der Waals surface area contributed by atoms with Gasteiger partial charge < -0.3 is 9.72 Å². The van der Waals surface area contributed by atoms with Gasteiger partial charge in [0.1, 0.15) is 6.10 Å². The Morgan fingerprint density at radius 3 is 2.66 bits per heavy atom. The molecule has 1 aliphatic heterocycles. The van der Waals surface area contributed by atoms with Crippen LogP contribution in [-0.4, -0.2) is 21.8 Å². The molecule has 1 aliphatic rings. The number of imidazole rings is 1. The number of fused-ring (bicyclic) bond motifs is 2. The first-order valence-electron chi connectivity index (χ1n) is 9.32. The molecule has 0 spiro atoms. The summed E-state index contributed by atoms with van der Waals surface area (Å²) in [6.07, 6.45) is 0.168. The summed E-state index contributed by atoms with van der Waals surface area (Å²) in [7, 11) is 0. The Hall–Kier alpha value is -3.93. The van der Waals surface area contributed by atoms with E-state index >= 15 is 0 Å². The number of benzene rings is 3. The van der Waals surface area contributed by atoms with E-state index in [1.54, 1.807) is 18.2 Å². The van der Waals surface area contributed by atoms with Crippen molar-refractivity contribution in [2.75, 3.05) is 5.32 Å². The van der Waals surface area contributed by atoms with Crippen LogP contribution in [0.2, 0.25) is 0 Å². The van der Waals surface area contributed by atoms with Gasteiger partial charge in [0, 0.05) is 12.0 Å². The predicted molar refractivity (Wildman–Crippen MR) is 109 cm³/mol. The molecule has 6 nitrogen and oxygen atoms in total. The smallest absolute Gasteiger partial charge is 0.339 e. The summed E-state index contributed by atoms with van der Waals surface area (Å²) < 4.78 is 5.57. The molecule has 0 fully saturated rings. The normalized spacial score (nSPS) is 15.6. The average molecular weight is 383 g/mol. The van der Waals surface area contributed by atoms with Crippen molar-refractivity contribution in [2.45, 2.75) is 12.5 Å². The molecule has 0 aliphatic carbocycles. The lowest BCUT2D eigenvalue weighted by Gasteiger charge is -2.25. The molecule has 2 N–H and O–H groups in total. The van der Waals surface area contributed by atoms with Crippen molar-refractivity contribution >= 4 is 28.9 Å². The minimum Gasteiger partial charge on any atom is -0.454 e. The number of aromatic amines is 1. The van der Waals surface area contributed by atoms with Crippen molar-refractivity contribution in [3.63, 3.8) is 0 Å². The van der Waals surface area contributed by atoms with Crippen LogP contribution in [0.4, 0.5) is 5.95 Å². The summed E-state index contributed by atoms with van der Waals surface area (Å²) in [5.41, 5.74) is 4.32. The molecule has 5 rings (SSSR count). The first kappa shape index (κ1) is 17.2. The van der Waals surface area contributed by atoms with Crippen molar-refractivity contribution in [2.24, 2.45) is 0 Å². The van der Waals surface area contributed by atoms with Gasteiger partial charge in [0.25, 0.3) is 5.91 Å². The highest BCUT2D eigenvalue weighted by Crippen LogP contribution is 2.31. The Balaban J connectivity index is 1.41. The number of nitrogens with one attached hydrogen (secondary N) is 2. The van der Waals surface area contributed by atoms with Gasteiger partial charge in [-0.2, -0.15) is 0 Å². The SMILES string of the molecule is O=C(Nc1nc2ccccc2[nH]1)c1ccc2c(c1)C[C@H](c1ccccc1)OC2=O. The largest absolute Gasteiger partial charge is 0.454 e. The van der Waals surface area contributed by atoms with E-state index in [1.165, 1.54) is 0 Å². The molecule has 0 saturated carbocycles. The van der Waals surface area contributed by atoms with Crippen molar-refractivity contribution in [1.29, 1.82) is 0 Å². The number of anilines is 1. The Morgan fingerprint density at radius 2 is 1.83 bits per heavy atom. The number of H-pyrrole nitrogens is 1. The average Bonchev–Trinajstić information content (AvgIpc) is 3.16. The highest BCUT2D eigenvalue weighted by molar-refractivity contribution is 6.05. The molecular weight excluding hydrogens is 366 g/mol. The summed E-state index contributed by atoms with van der Waals surface area (Å²) in [6.45, 7) is 0. The maximum atomic E-state index is 12.7. The second-order valence-corrected chi connectivity index (χ2v) is 6.94. The Morgan fingerprint density at radius 1 is 1.03 bits per heavy atom. The van der Waals surface area contributed by atoms with Crippen LogP contribution in [-0.2, 0) is 11.2 Å². The van der Waals surface area contributed by atoms with E-state index in [0.717, 1.165) is 22.2 Å². The second-order valence-electron chi connectivity index (χ2n) is 6.94. The number of aromatic nitrogens is 2. The molecule has 0 unspecified atom stereocenters. The lowest BCUT2D eigenvalue weighted by Crippen LogP contribution is -2.23. The third-order valence-corrected chi connectivity index (χ3v) is 5.03. The summed E-state index contributed by atoms with van der Waals surface area (Å²) in [6, 6.07) is 22.2. The van der Waals surface area contributed by atoms with Gasteiger partial charge in [0.2, 0.25) is 5.95 Å². The van der Waals surface area contributed by atoms with Gasteiger partial charge in [-0.05, 0) is 41.5 Å². The van der Waals surface area contributed by atoms with E-state index in [1.807, 2.05) is 54.6 Å². The summed E-state index contributed by atoms with van der Waals surface area (Å²) >= 11 is 0. The number of ether oxygens (including phenoxy) is 1. The molecule has 29 heavy (non-hydrogen) atoms. The van der Waals surface area contributed by atoms with Gasteiger partial charge in [-0.25, -0.2) is 9.78 Å². The van der Waals surface area contributed by atoms with Crippen LogP contribution in [0.25, 0.3) is 11.0 Å². The van der Waals surface area contributed by atoms with Crippen LogP contribution in [0.15, 0.2) is 72.8 Å². The van der Waals surface area contributed by atoms with Crippen LogP contribution in [0.5, 0.6) is 0 Å². The quantitative estimate of drug-likeness (QED) is 0.518. The van der Waals surface area contributed by atoms with Crippen molar-refractivity contribution in [3.05, 3.63) is 95.1 Å². The Kier molecular flexibility index (Phi) is 4.09. The molecule has 2 heterocycles. The van der Waals surface area contributed by atoms with E-state index in [-0.39, 0.29) is 18.0 Å².